The molecule has 0 aliphatic carbocycles. The van der Waals surface area contributed by atoms with Gasteiger partial charge < -0.3 is 10.6 Å². The average molecular weight is 156 g/mol. The molecule has 11 heavy (non-hydrogen) atoms. The topological polar surface area (TPSA) is 24.1 Å². The van der Waals surface area contributed by atoms with Gasteiger partial charge in [-0.1, -0.05) is 6.92 Å². The van der Waals surface area contributed by atoms with Crippen LogP contribution < -0.4 is 10.6 Å². The summed E-state index contributed by atoms with van der Waals surface area (Å²) in [7, 11) is 2.03. The Morgan fingerprint density at radius 3 is 2.82 bits per heavy atom. The SMILES string of the molecule is CCC1(CCNC)CCNC1. The normalized spacial score (nSPS) is 31.1. The van der Waals surface area contributed by atoms with Gasteiger partial charge in [-0.25, -0.2) is 0 Å². The molecule has 1 fully saturated rings. The van der Waals surface area contributed by atoms with E-state index in [1.54, 1.807) is 0 Å². The number of nitrogens with one attached hydrogen (secondary N) is 2. The first-order valence-corrected chi connectivity index (χ1v) is 4.68. The van der Waals surface area contributed by atoms with E-state index < -0.39 is 0 Å². The molecule has 2 nitrogen and oxygen atoms in total. The highest BCUT2D eigenvalue weighted by Gasteiger charge is 2.30. The Hall–Kier alpha value is -0.0800. The molecule has 66 valence electrons. The van der Waals surface area contributed by atoms with Crippen LogP contribution in [-0.2, 0) is 0 Å². The zero-order valence-corrected chi connectivity index (χ0v) is 7.74. The molecule has 0 amide bonds. The molecule has 0 aromatic rings. The maximum absolute atomic E-state index is 3.45. The molecule has 0 radical (unpaired) electrons. The van der Waals surface area contributed by atoms with E-state index >= 15 is 0 Å². The number of rotatable bonds is 4. The molecule has 1 atom stereocenters. The third-order valence-corrected chi connectivity index (χ3v) is 2.99. The summed E-state index contributed by atoms with van der Waals surface area (Å²) in [5, 5.41) is 6.67. The first-order chi connectivity index (χ1) is 5.33. The summed E-state index contributed by atoms with van der Waals surface area (Å²) >= 11 is 0. The zero-order valence-electron chi connectivity index (χ0n) is 7.74. The monoisotopic (exact) mass is 156 g/mol. The second kappa shape index (κ2) is 4.07. The Kier molecular flexibility index (Phi) is 3.34. The second-order valence-electron chi connectivity index (χ2n) is 3.63. The Balaban J connectivity index is 2.33. The van der Waals surface area contributed by atoms with Crippen LogP contribution in [0.4, 0.5) is 0 Å². The summed E-state index contributed by atoms with van der Waals surface area (Å²) in [6.07, 6.45) is 4.01. The molecule has 0 aromatic heterocycles. The molecule has 1 unspecified atom stereocenters. The van der Waals surface area contributed by atoms with Crippen molar-refractivity contribution in [3.8, 4) is 0 Å². The van der Waals surface area contributed by atoms with E-state index in [-0.39, 0.29) is 0 Å². The van der Waals surface area contributed by atoms with E-state index in [0.717, 1.165) is 6.54 Å². The van der Waals surface area contributed by atoms with Crippen LogP contribution in [0.3, 0.4) is 0 Å². The molecular weight excluding hydrogens is 136 g/mol. The largest absolute Gasteiger partial charge is 0.320 e. The summed E-state index contributed by atoms with van der Waals surface area (Å²) in [5.41, 5.74) is 0.614. The van der Waals surface area contributed by atoms with Gasteiger partial charge in [-0.3, -0.25) is 0 Å². The first kappa shape index (κ1) is 9.01. The molecule has 0 saturated carbocycles. The molecule has 1 aliphatic rings. The van der Waals surface area contributed by atoms with E-state index in [1.807, 2.05) is 7.05 Å². The Bertz CT molecular complexity index is 106. The quantitative estimate of drug-likeness (QED) is 0.634. The maximum Gasteiger partial charge on any atom is 0.000866 e. The summed E-state index contributed by atoms with van der Waals surface area (Å²) in [6, 6.07) is 0. The minimum atomic E-state index is 0.614. The van der Waals surface area contributed by atoms with Gasteiger partial charge in [-0.15, -0.1) is 0 Å². The van der Waals surface area contributed by atoms with Crippen LogP contribution in [-0.4, -0.2) is 26.7 Å². The summed E-state index contributed by atoms with van der Waals surface area (Å²) in [5.74, 6) is 0. The predicted octanol–water partition coefficient (Wildman–Crippen LogP) is 0.986. The van der Waals surface area contributed by atoms with Gasteiger partial charge in [0.1, 0.15) is 0 Å². The van der Waals surface area contributed by atoms with E-state index in [0.29, 0.717) is 5.41 Å². The molecule has 0 aromatic carbocycles. The van der Waals surface area contributed by atoms with Gasteiger partial charge in [0.15, 0.2) is 0 Å². The van der Waals surface area contributed by atoms with E-state index in [4.69, 9.17) is 0 Å². The van der Waals surface area contributed by atoms with Gasteiger partial charge in [-0.2, -0.15) is 0 Å². The third kappa shape index (κ3) is 2.17. The van der Waals surface area contributed by atoms with Crippen molar-refractivity contribution >= 4 is 0 Å². The fraction of sp³-hybridized carbons (Fsp3) is 1.00. The van der Waals surface area contributed by atoms with Crippen LogP contribution in [0.15, 0.2) is 0 Å². The van der Waals surface area contributed by atoms with Gasteiger partial charge in [0.2, 0.25) is 0 Å². The molecule has 2 N–H and O–H groups in total. The first-order valence-electron chi connectivity index (χ1n) is 4.68. The summed E-state index contributed by atoms with van der Waals surface area (Å²) < 4.78 is 0. The molecule has 0 spiro atoms. The fourth-order valence-corrected chi connectivity index (χ4v) is 1.88. The van der Waals surface area contributed by atoms with Crippen molar-refractivity contribution in [1.82, 2.24) is 10.6 Å². The molecule has 2 heteroatoms. The van der Waals surface area contributed by atoms with Crippen LogP contribution in [0.25, 0.3) is 0 Å². The van der Waals surface area contributed by atoms with Crippen LogP contribution >= 0.6 is 0 Å². The van der Waals surface area contributed by atoms with Gasteiger partial charge in [0.25, 0.3) is 0 Å². The average Bonchev–Trinajstić information content (AvgIpc) is 2.50. The van der Waals surface area contributed by atoms with Crippen LogP contribution in [0.1, 0.15) is 26.2 Å². The highest BCUT2D eigenvalue weighted by Crippen LogP contribution is 2.32. The number of hydrogen-bond donors (Lipinski definition) is 2. The van der Waals surface area contributed by atoms with Gasteiger partial charge >= 0.3 is 0 Å². The van der Waals surface area contributed by atoms with Crippen LogP contribution in [0, 0.1) is 5.41 Å². The van der Waals surface area contributed by atoms with Crippen molar-refractivity contribution in [3.63, 3.8) is 0 Å². The van der Waals surface area contributed by atoms with Gasteiger partial charge in [-0.05, 0) is 44.8 Å². The molecular formula is C9H20N2. The standard InChI is InChI=1S/C9H20N2/c1-3-9(4-6-10-2)5-7-11-8-9/h10-11H,3-8H2,1-2H3. The van der Waals surface area contributed by atoms with Crippen molar-refractivity contribution in [2.75, 3.05) is 26.7 Å². The lowest BCUT2D eigenvalue weighted by atomic mass is 9.81. The lowest BCUT2D eigenvalue weighted by molar-refractivity contribution is 0.282. The molecule has 1 aliphatic heterocycles. The summed E-state index contributed by atoms with van der Waals surface area (Å²) in [4.78, 5) is 0. The van der Waals surface area contributed by atoms with Crippen molar-refractivity contribution < 1.29 is 0 Å². The molecule has 0 bridgehead atoms. The van der Waals surface area contributed by atoms with Crippen molar-refractivity contribution in [2.45, 2.75) is 26.2 Å². The molecule has 1 saturated heterocycles. The van der Waals surface area contributed by atoms with E-state index in [2.05, 4.69) is 17.6 Å². The highest BCUT2D eigenvalue weighted by molar-refractivity contribution is 4.86. The van der Waals surface area contributed by atoms with Crippen molar-refractivity contribution in [3.05, 3.63) is 0 Å². The Labute approximate surface area is 69.8 Å². The van der Waals surface area contributed by atoms with Crippen molar-refractivity contribution in [1.29, 1.82) is 0 Å². The number of hydrogen-bond acceptors (Lipinski definition) is 2. The highest BCUT2D eigenvalue weighted by atomic mass is 14.9. The van der Waals surface area contributed by atoms with Crippen molar-refractivity contribution in [2.24, 2.45) is 5.41 Å². The fourth-order valence-electron chi connectivity index (χ4n) is 1.88. The Morgan fingerprint density at radius 2 is 2.36 bits per heavy atom. The summed E-state index contributed by atoms with van der Waals surface area (Å²) in [6.45, 7) is 5.92. The second-order valence-corrected chi connectivity index (χ2v) is 3.63. The minimum absolute atomic E-state index is 0.614. The van der Waals surface area contributed by atoms with Crippen LogP contribution in [0.5, 0.6) is 0 Å². The Morgan fingerprint density at radius 1 is 1.55 bits per heavy atom. The lowest BCUT2D eigenvalue weighted by Crippen LogP contribution is -2.27. The molecule has 1 heterocycles. The van der Waals surface area contributed by atoms with Gasteiger partial charge in [0.05, 0.1) is 0 Å². The minimum Gasteiger partial charge on any atom is -0.320 e. The lowest BCUT2D eigenvalue weighted by Gasteiger charge is -2.26. The third-order valence-electron chi connectivity index (χ3n) is 2.99. The smallest absolute Gasteiger partial charge is 0.000866 e. The van der Waals surface area contributed by atoms with E-state index in [9.17, 15) is 0 Å². The van der Waals surface area contributed by atoms with Crippen LogP contribution in [0.2, 0.25) is 0 Å². The van der Waals surface area contributed by atoms with E-state index in [1.165, 1.54) is 32.4 Å². The van der Waals surface area contributed by atoms with Gasteiger partial charge in [0, 0.05) is 6.54 Å². The zero-order chi connectivity index (χ0) is 8.16. The maximum atomic E-state index is 3.45. The predicted molar refractivity (Wildman–Crippen MR) is 48.8 cm³/mol. The molecule has 1 rings (SSSR count).